The molecule has 0 heteroatoms. The summed E-state index contributed by atoms with van der Waals surface area (Å²) in [6.45, 7) is 4.48. The van der Waals surface area contributed by atoms with Crippen molar-refractivity contribution in [3.05, 3.63) is 35.9 Å². The standard InChI is InChI=1S/C10H14.CH4/c1-3-9(2)10-7-5-4-6-8-10;/h4-9H,3H2,1-2H3;1H4. The molecular formula is C11H18. The second-order valence-corrected chi connectivity index (χ2v) is 2.72. The zero-order chi connectivity index (χ0) is 7.40. The molecule has 0 N–H and O–H groups in total. The van der Waals surface area contributed by atoms with Crippen LogP contribution in [0.3, 0.4) is 0 Å². The molecule has 1 unspecified atom stereocenters. The predicted molar refractivity (Wildman–Crippen MR) is 51.9 cm³/mol. The Morgan fingerprint density at radius 1 is 1.18 bits per heavy atom. The summed E-state index contributed by atoms with van der Waals surface area (Å²) in [6.07, 6.45) is 1.23. The Kier molecular flexibility index (Phi) is 4.60. The van der Waals surface area contributed by atoms with Gasteiger partial charge >= 0.3 is 0 Å². The molecule has 0 aliphatic carbocycles. The summed E-state index contributed by atoms with van der Waals surface area (Å²) in [4.78, 5) is 0. The molecule has 0 saturated carbocycles. The molecule has 0 radical (unpaired) electrons. The lowest BCUT2D eigenvalue weighted by Crippen LogP contribution is -1.88. The van der Waals surface area contributed by atoms with Gasteiger partial charge in [-0.25, -0.2) is 0 Å². The maximum atomic E-state index is 2.26. The van der Waals surface area contributed by atoms with E-state index in [9.17, 15) is 0 Å². The van der Waals surface area contributed by atoms with E-state index in [0.29, 0.717) is 5.92 Å². The highest BCUT2D eigenvalue weighted by Crippen LogP contribution is 2.16. The zero-order valence-electron chi connectivity index (χ0n) is 6.67. The first-order chi connectivity index (χ1) is 4.84. The Balaban J connectivity index is 0.000001000. The topological polar surface area (TPSA) is 0 Å². The van der Waals surface area contributed by atoms with Crippen LogP contribution in [0.5, 0.6) is 0 Å². The van der Waals surface area contributed by atoms with Crippen LogP contribution in [-0.4, -0.2) is 0 Å². The van der Waals surface area contributed by atoms with Gasteiger partial charge in [0.2, 0.25) is 0 Å². The Bertz CT molecular complexity index is 176. The van der Waals surface area contributed by atoms with Gasteiger partial charge in [-0.2, -0.15) is 0 Å². The van der Waals surface area contributed by atoms with Gasteiger partial charge in [-0.15, -0.1) is 0 Å². The van der Waals surface area contributed by atoms with Gasteiger partial charge in [0, 0.05) is 0 Å². The molecule has 11 heavy (non-hydrogen) atoms. The van der Waals surface area contributed by atoms with E-state index in [0.717, 1.165) is 0 Å². The monoisotopic (exact) mass is 150 g/mol. The molecule has 0 amide bonds. The summed E-state index contributed by atoms with van der Waals surface area (Å²) in [5.74, 6) is 0.709. The summed E-state index contributed by atoms with van der Waals surface area (Å²) in [5, 5.41) is 0. The summed E-state index contributed by atoms with van der Waals surface area (Å²) in [5.41, 5.74) is 1.45. The van der Waals surface area contributed by atoms with Crippen molar-refractivity contribution >= 4 is 0 Å². The second kappa shape index (κ2) is 4.95. The summed E-state index contributed by atoms with van der Waals surface area (Å²) >= 11 is 0. The van der Waals surface area contributed by atoms with Crippen molar-refractivity contribution in [3.8, 4) is 0 Å². The van der Waals surface area contributed by atoms with Crippen molar-refractivity contribution in [1.82, 2.24) is 0 Å². The third-order valence-electron chi connectivity index (χ3n) is 1.98. The largest absolute Gasteiger partial charge is 0.0776 e. The minimum Gasteiger partial charge on any atom is -0.0776 e. The van der Waals surface area contributed by atoms with Gasteiger partial charge < -0.3 is 0 Å². The van der Waals surface area contributed by atoms with E-state index in [1.165, 1.54) is 12.0 Å². The smallest absolute Gasteiger partial charge is 0.0193 e. The Morgan fingerprint density at radius 3 is 2.18 bits per heavy atom. The normalized spacial score (nSPS) is 11.8. The van der Waals surface area contributed by atoms with Gasteiger partial charge in [-0.1, -0.05) is 51.6 Å². The molecule has 0 saturated heterocycles. The number of benzene rings is 1. The average molecular weight is 150 g/mol. The predicted octanol–water partition coefficient (Wildman–Crippen LogP) is 3.84. The fourth-order valence-electron chi connectivity index (χ4n) is 1.02. The molecule has 0 aliphatic rings. The molecular weight excluding hydrogens is 132 g/mol. The highest BCUT2D eigenvalue weighted by Gasteiger charge is 1.98. The van der Waals surface area contributed by atoms with Crippen LogP contribution in [0.25, 0.3) is 0 Å². The highest BCUT2D eigenvalue weighted by atomic mass is 14.0. The molecule has 0 nitrogen and oxygen atoms in total. The molecule has 0 aromatic heterocycles. The summed E-state index contributed by atoms with van der Waals surface area (Å²) in [6, 6.07) is 10.6. The van der Waals surface area contributed by atoms with Crippen LogP contribution in [0.15, 0.2) is 30.3 Å². The van der Waals surface area contributed by atoms with Crippen molar-refractivity contribution in [3.63, 3.8) is 0 Å². The number of rotatable bonds is 2. The van der Waals surface area contributed by atoms with E-state index in [-0.39, 0.29) is 7.43 Å². The van der Waals surface area contributed by atoms with Crippen molar-refractivity contribution in [2.24, 2.45) is 0 Å². The molecule has 0 bridgehead atoms. The van der Waals surface area contributed by atoms with Crippen LogP contribution < -0.4 is 0 Å². The van der Waals surface area contributed by atoms with Crippen LogP contribution in [0.1, 0.15) is 39.2 Å². The van der Waals surface area contributed by atoms with Crippen LogP contribution >= 0.6 is 0 Å². The molecule has 0 fully saturated rings. The minimum atomic E-state index is 0. The van der Waals surface area contributed by atoms with Gasteiger partial charge in [-0.3, -0.25) is 0 Å². The average Bonchev–Trinajstić information content (AvgIpc) is 2.05. The maximum Gasteiger partial charge on any atom is -0.0193 e. The fraction of sp³-hybridized carbons (Fsp3) is 0.455. The lowest BCUT2D eigenvalue weighted by molar-refractivity contribution is 0.733. The molecule has 0 aliphatic heterocycles. The molecule has 0 spiro atoms. The van der Waals surface area contributed by atoms with Crippen molar-refractivity contribution < 1.29 is 0 Å². The number of hydrogen-bond acceptors (Lipinski definition) is 0. The zero-order valence-corrected chi connectivity index (χ0v) is 6.67. The van der Waals surface area contributed by atoms with E-state index in [4.69, 9.17) is 0 Å². The van der Waals surface area contributed by atoms with E-state index in [1.54, 1.807) is 0 Å². The van der Waals surface area contributed by atoms with Crippen LogP contribution in [0, 0.1) is 0 Å². The van der Waals surface area contributed by atoms with Crippen molar-refractivity contribution in [2.45, 2.75) is 33.6 Å². The minimum absolute atomic E-state index is 0. The van der Waals surface area contributed by atoms with Gasteiger partial charge in [0.25, 0.3) is 0 Å². The highest BCUT2D eigenvalue weighted by molar-refractivity contribution is 5.18. The third-order valence-corrected chi connectivity index (χ3v) is 1.98. The van der Waals surface area contributed by atoms with Crippen LogP contribution in [0.4, 0.5) is 0 Å². The number of hydrogen-bond donors (Lipinski definition) is 0. The second-order valence-electron chi connectivity index (χ2n) is 2.72. The summed E-state index contributed by atoms with van der Waals surface area (Å²) in [7, 11) is 0. The molecule has 1 aromatic carbocycles. The van der Waals surface area contributed by atoms with Gasteiger partial charge in [0.1, 0.15) is 0 Å². The Morgan fingerprint density at radius 2 is 1.73 bits per heavy atom. The van der Waals surface area contributed by atoms with E-state index >= 15 is 0 Å². The van der Waals surface area contributed by atoms with Crippen LogP contribution in [-0.2, 0) is 0 Å². The third kappa shape index (κ3) is 2.75. The fourth-order valence-corrected chi connectivity index (χ4v) is 1.02. The lowest BCUT2D eigenvalue weighted by Gasteiger charge is -2.06. The first-order valence-electron chi connectivity index (χ1n) is 3.89. The van der Waals surface area contributed by atoms with E-state index < -0.39 is 0 Å². The molecule has 1 aromatic rings. The van der Waals surface area contributed by atoms with Gasteiger partial charge in [-0.05, 0) is 17.9 Å². The Labute approximate surface area is 70.3 Å². The molecule has 0 heterocycles. The molecule has 62 valence electrons. The molecule has 1 rings (SSSR count). The first-order valence-corrected chi connectivity index (χ1v) is 3.89. The summed E-state index contributed by atoms with van der Waals surface area (Å²) < 4.78 is 0. The van der Waals surface area contributed by atoms with Crippen molar-refractivity contribution in [2.75, 3.05) is 0 Å². The Hall–Kier alpha value is -0.780. The van der Waals surface area contributed by atoms with Crippen molar-refractivity contribution in [1.29, 1.82) is 0 Å². The van der Waals surface area contributed by atoms with Gasteiger partial charge in [0.05, 0.1) is 0 Å². The first kappa shape index (κ1) is 10.2. The lowest BCUT2D eigenvalue weighted by atomic mass is 9.99. The van der Waals surface area contributed by atoms with Crippen LogP contribution in [0.2, 0.25) is 0 Å². The van der Waals surface area contributed by atoms with E-state index in [1.807, 2.05) is 0 Å². The van der Waals surface area contributed by atoms with E-state index in [2.05, 4.69) is 44.2 Å². The van der Waals surface area contributed by atoms with Gasteiger partial charge in [0.15, 0.2) is 0 Å². The molecule has 1 atom stereocenters. The SMILES string of the molecule is C.CCC(C)c1ccccc1. The quantitative estimate of drug-likeness (QED) is 0.601. The maximum absolute atomic E-state index is 2.26.